The molecule has 3 heteroatoms. The fraction of sp³-hybridized carbons (Fsp3) is 1.00. The summed E-state index contributed by atoms with van der Waals surface area (Å²) in [5, 5.41) is 19.1. The molecule has 0 aromatic heterocycles. The molecule has 0 aliphatic heterocycles. The Kier molecular flexibility index (Phi) is 3.98. The summed E-state index contributed by atoms with van der Waals surface area (Å²) in [6.07, 6.45) is -1.21. The molecule has 0 aromatic carbocycles. The minimum atomic E-state index is -1.21. The van der Waals surface area contributed by atoms with Crippen LogP contribution in [0.5, 0.6) is 0 Å². The SMILES string of the molecule is CCNCC(O)O. The molecular weight excluding hydrogens is 94.0 g/mol. The summed E-state index contributed by atoms with van der Waals surface area (Å²) >= 11 is 0. The zero-order chi connectivity index (χ0) is 5.70. The van der Waals surface area contributed by atoms with Crippen LogP contribution in [0.2, 0.25) is 0 Å². The summed E-state index contributed by atoms with van der Waals surface area (Å²) in [5.74, 6) is 0. The molecule has 44 valence electrons. The molecule has 0 saturated carbocycles. The van der Waals surface area contributed by atoms with Gasteiger partial charge in [-0.2, -0.15) is 0 Å². The molecule has 0 rings (SSSR count). The molecule has 0 unspecified atom stereocenters. The topological polar surface area (TPSA) is 52.5 Å². The maximum absolute atomic E-state index is 8.18. The van der Waals surface area contributed by atoms with Crippen molar-refractivity contribution in [3.05, 3.63) is 0 Å². The number of aliphatic hydroxyl groups excluding tert-OH is 1. The lowest BCUT2D eigenvalue weighted by molar-refractivity contribution is -0.0368. The van der Waals surface area contributed by atoms with E-state index in [-0.39, 0.29) is 6.54 Å². The van der Waals surface area contributed by atoms with Gasteiger partial charge in [-0.25, -0.2) is 0 Å². The Morgan fingerprint density at radius 1 is 1.57 bits per heavy atom. The lowest BCUT2D eigenvalue weighted by Gasteiger charge is -2.00. The second kappa shape index (κ2) is 4.05. The van der Waals surface area contributed by atoms with Crippen molar-refractivity contribution in [3.8, 4) is 0 Å². The molecule has 0 aromatic rings. The van der Waals surface area contributed by atoms with Crippen LogP contribution in [0.3, 0.4) is 0 Å². The van der Waals surface area contributed by atoms with Gasteiger partial charge < -0.3 is 15.5 Å². The molecule has 3 N–H and O–H groups in total. The smallest absolute Gasteiger partial charge is 0.164 e. The van der Waals surface area contributed by atoms with E-state index in [1.54, 1.807) is 0 Å². The number of nitrogens with one attached hydrogen (secondary N) is 1. The van der Waals surface area contributed by atoms with Crippen LogP contribution in [0.1, 0.15) is 6.92 Å². The van der Waals surface area contributed by atoms with Gasteiger partial charge >= 0.3 is 0 Å². The molecule has 0 saturated heterocycles. The average Bonchev–Trinajstić information content (AvgIpc) is 1.61. The lowest BCUT2D eigenvalue weighted by atomic mass is 10.6. The predicted molar refractivity (Wildman–Crippen MR) is 26.8 cm³/mol. The van der Waals surface area contributed by atoms with Crippen molar-refractivity contribution in [1.82, 2.24) is 5.32 Å². The third kappa shape index (κ3) is 5.88. The summed E-state index contributed by atoms with van der Waals surface area (Å²) in [5.41, 5.74) is 0. The van der Waals surface area contributed by atoms with Crippen molar-refractivity contribution in [2.24, 2.45) is 0 Å². The zero-order valence-corrected chi connectivity index (χ0v) is 4.39. The van der Waals surface area contributed by atoms with E-state index < -0.39 is 6.29 Å². The fourth-order valence-electron chi connectivity index (χ4n) is 0.273. The van der Waals surface area contributed by atoms with Crippen LogP contribution in [0.15, 0.2) is 0 Å². The van der Waals surface area contributed by atoms with Crippen LogP contribution in [-0.4, -0.2) is 29.6 Å². The van der Waals surface area contributed by atoms with E-state index >= 15 is 0 Å². The van der Waals surface area contributed by atoms with Gasteiger partial charge in [-0.05, 0) is 6.54 Å². The number of aliphatic hydroxyl groups is 2. The van der Waals surface area contributed by atoms with Gasteiger partial charge in [-0.3, -0.25) is 0 Å². The first-order valence-corrected chi connectivity index (χ1v) is 2.34. The normalized spacial score (nSPS) is 10.3. The van der Waals surface area contributed by atoms with E-state index in [4.69, 9.17) is 10.2 Å². The maximum Gasteiger partial charge on any atom is 0.164 e. The maximum atomic E-state index is 8.18. The van der Waals surface area contributed by atoms with Gasteiger partial charge in [-0.1, -0.05) is 6.92 Å². The highest BCUT2D eigenvalue weighted by Crippen LogP contribution is 1.66. The summed E-state index contributed by atoms with van der Waals surface area (Å²) in [6.45, 7) is 2.94. The van der Waals surface area contributed by atoms with Crippen molar-refractivity contribution >= 4 is 0 Å². The zero-order valence-electron chi connectivity index (χ0n) is 4.39. The molecule has 0 fully saturated rings. The van der Waals surface area contributed by atoms with Crippen LogP contribution in [0, 0.1) is 0 Å². The average molecular weight is 105 g/mol. The lowest BCUT2D eigenvalue weighted by Crippen LogP contribution is -2.25. The molecule has 0 radical (unpaired) electrons. The predicted octanol–water partition coefficient (Wildman–Crippen LogP) is -1.09. The van der Waals surface area contributed by atoms with Gasteiger partial charge in [0, 0.05) is 6.54 Å². The van der Waals surface area contributed by atoms with Gasteiger partial charge in [0.15, 0.2) is 6.29 Å². The molecule has 0 aliphatic carbocycles. The highest BCUT2D eigenvalue weighted by Gasteiger charge is 1.90. The van der Waals surface area contributed by atoms with Crippen LogP contribution in [0.25, 0.3) is 0 Å². The van der Waals surface area contributed by atoms with Gasteiger partial charge in [0.25, 0.3) is 0 Å². The highest BCUT2D eigenvalue weighted by molar-refractivity contribution is 4.40. The second-order valence-electron chi connectivity index (χ2n) is 1.29. The molecular formula is C4H11NO2. The van der Waals surface area contributed by atoms with E-state index in [9.17, 15) is 0 Å². The van der Waals surface area contributed by atoms with Gasteiger partial charge in [0.05, 0.1) is 0 Å². The van der Waals surface area contributed by atoms with E-state index in [1.807, 2.05) is 6.92 Å². The van der Waals surface area contributed by atoms with E-state index in [0.717, 1.165) is 6.54 Å². The highest BCUT2D eigenvalue weighted by atomic mass is 16.5. The van der Waals surface area contributed by atoms with Crippen LogP contribution in [-0.2, 0) is 0 Å². The summed E-state index contributed by atoms with van der Waals surface area (Å²) in [4.78, 5) is 0. The Bertz CT molecular complexity index is 38.7. The minimum absolute atomic E-state index is 0.260. The molecule has 0 amide bonds. The molecule has 7 heavy (non-hydrogen) atoms. The van der Waals surface area contributed by atoms with Crippen molar-refractivity contribution in [1.29, 1.82) is 0 Å². The van der Waals surface area contributed by atoms with Crippen LogP contribution in [0.4, 0.5) is 0 Å². The Balaban J connectivity index is 2.68. The molecule has 0 bridgehead atoms. The second-order valence-corrected chi connectivity index (χ2v) is 1.29. The summed E-state index contributed by atoms with van der Waals surface area (Å²) < 4.78 is 0. The molecule has 0 spiro atoms. The molecule has 3 nitrogen and oxygen atoms in total. The summed E-state index contributed by atoms with van der Waals surface area (Å²) in [7, 11) is 0. The first-order chi connectivity index (χ1) is 3.27. The Labute approximate surface area is 43.0 Å². The minimum Gasteiger partial charge on any atom is -0.367 e. The van der Waals surface area contributed by atoms with Crippen molar-refractivity contribution in [2.75, 3.05) is 13.1 Å². The van der Waals surface area contributed by atoms with Gasteiger partial charge in [0.2, 0.25) is 0 Å². The number of hydrogen-bond acceptors (Lipinski definition) is 3. The van der Waals surface area contributed by atoms with Gasteiger partial charge in [-0.15, -0.1) is 0 Å². The van der Waals surface area contributed by atoms with Crippen molar-refractivity contribution in [2.45, 2.75) is 13.2 Å². The van der Waals surface area contributed by atoms with E-state index in [1.165, 1.54) is 0 Å². The third-order valence-corrected chi connectivity index (χ3v) is 0.577. The van der Waals surface area contributed by atoms with Gasteiger partial charge in [0.1, 0.15) is 0 Å². The van der Waals surface area contributed by atoms with Crippen molar-refractivity contribution in [3.63, 3.8) is 0 Å². The Morgan fingerprint density at radius 2 is 2.14 bits per heavy atom. The monoisotopic (exact) mass is 105 g/mol. The molecule has 0 heterocycles. The number of likely N-dealkylation sites (N-methyl/N-ethyl adjacent to an activating group) is 1. The largest absolute Gasteiger partial charge is 0.367 e. The standard InChI is InChI=1S/C4H11NO2/c1-2-5-3-4(6)7/h4-7H,2-3H2,1H3. The fourth-order valence-corrected chi connectivity index (χ4v) is 0.273. The Hall–Kier alpha value is -0.120. The van der Waals surface area contributed by atoms with Crippen molar-refractivity contribution < 1.29 is 10.2 Å². The third-order valence-electron chi connectivity index (χ3n) is 0.577. The molecule has 0 atom stereocenters. The first kappa shape index (κ1) is 6.88. The number of rotatable bonds is 3. The number of hydrogen-bond donors (Lipinski definition) is 3. The quantitative estimate of drug-likeness (QED) is 0.400. The molecule has 0 aliphatic rings. The van der Waals surface area contributed by atoms with E-state index in [2.05, 4.69) is 5.32 Å². The van der Waals surface area contributed by atoms with Crippen LogP contribution < -0.4 is 5.32 Å². The van der Waals surface area contributed by atoms with Crippen LogP contribution >= 0.6 is 0 Å². The first-order valence-electron chi connectivity index (χ1n) is 2.34. The van der Waals surface area contributed by atoms with E-state index in [0.29, 0.717) is 0 Å². The Morgan fingerprint density at radius 3 is 2.29 bits per heavy atom. The summed E-state index contributed by atoms with van der Waals surface area (Å²) in [6, 6.07) is 0.